The molecule has 1 saturated heterocycles. The molecule has 0 amide bonds. The van der Waals surface area contributed by atoms with Crippen molar-refractivity contribution >= 4 is 0 Å². The van der Waals surface area contributed by atoms with Crippen molar-refractivity contribution < 1.29 is 18.8 Å². The predicted octanol–water partition coefficient (Wildman–Crippen LogP) is 4.05. The maximum absolute atomic E-state index is 9.73. The zero-order valence-electron chi connectivity index (χ0n) is 18.8. The van der Waals surface area contributed by atoms with Crippen molar-refractivity contribution in [1.29, 1.82) is 0 Å². The first-order chi connectivity index (χ1) is 16.7. The summed E-state index contributed by atoms with van der Waals surface area (Å²) in [5.41, 5.74) is 3.09. The molecular formula is C26H26N4O4. The second kappa shape index (κ2) is 8.70. The Kier molecular flexibility index (Phi) is 5.39. The largest absolute Gasteiger partial charge is 0.508 e. The summed E-state index contributed by atoms with van der Waals surface area (Å²) in [4.78, 5) is 2.36. The van der Waals surface area contributed by atoms with Gasteiger partial charge in [-0.3, -0.25) is 4.90 Å². The average Bonchev–Trinajstić information content (AvgIpc) is 3.33. The summed E-state index contributed by atoms with van der Waals surface area (Å²) < 4.78 is 17.6. The van der Waals surface area contributed by atoms with Gasteiger partial charge in [0.15, 0.2) is 5.76 Å². The van der Waals surface area contributed by atoms with Crippen LogP contribution in [0, 0.1) is 0 Å². The molecule has 2 aromatic heterocycles. The number of rotatable bonds is 7. The van der Waals surface area contributed by atoms with Crippen LogP contribution in [0.1, 0.15) is 30.4 Å². The summed E-state index contributed by atoms with van der Waals surface area (Å²) >= 11 is 0. The van der Waals surface area contributed by atoms with E-state index in [0.717, 1.165) is 73.8 Å². The molecule has 1 aliphatic heterocycles. The van der Waals surface area contributed by atoms with Gasteiger partial charge in [-0.05, 0) is 42.7 Å². The number of morpholine rings is 1. The molecule has 0 spiro atoms. The number of benzene rings is 2. The third-order valence-electron chi connectivity index (χ3n) is 6.70. The standard InChI is InChI=1S/C26H26N4O4/c31-20-8-6-19(7-9-20)23-22(18-4-2-1-3-5-18)24(34-29-23)26(11-12-26)25-28-27-21(33-25)10-13-30-14-16-32-17-15-30/h1-9,31H,10-17H2. The molecule has 2 aromatic carbocycles. The van der Waals surface area contributed by atoms with Crippen LogP contribution in [0.3, 0.4) is 0 Å². The van der Waals surface area contributed by atoms with Gasteiger partial charge in [-0.25, -0.2) is 0 Å². The highest BCUT2D eigenvalue weighted by molar-refractivity contribution is 5.83. The molecule has 8 nitrogen and oxygen atoms in total. The van der Waals surface area contributed by atoms with Crippen LogP contribution in [0.2, 0.25) is 0 Å². The van der Waals surface area contributed by atoms with Crippen LogP contribution in [0.15, 0.2) is 63.5 Å². The topological polar surface area (TPSA) is 97.7 Å². The van der Waals surface area contributed by atoms with Gasteiger partial charge in [-0.2, -0.15) is 0 Å². The Bertz CT molecular complexity index is 1260. The van der Waals surface area contributed by atoms with Crippen LogP contribution < -0.4 is 0 Å². The SMILES string of the molecule is Oc1ccc(-c2noc(C3(c4nnc(CCN5CCOCC5)o4)CC3)c2-c2ccccc2)cc1. The van der Waals surface area contributed by atoms with Crippen LogP contribution in [0.25, 0.3) is 22.4 Å². The van der Waals surface area contributed by atoms with Gasteiger partial charge in [0.05, 0.1) is 18.8 Å². The fraction of sp³-hybridized carbons (Fsp3) is 0.346. The Balaban J connectivity index is 1.33. The molecule has 1 aliphatic carbocycles. The lowest BCUT2D eigenvalue weighted by Crippen LogP contribution is -2.37. The fourth-order valence-corrected chi connectivity index (χ4v) is 4.60. The Labute approximate surface area is 197 Å². The van der Waals surface area contributed by atoms with Crippen molar-refractivity contribution in [3.05, 3.63) is 72.1 Å². The van der Waals surface area contributed by atoms with E-state index in [9.17, 15) is 5.11 Å². The van der Waals surface area contributed by atoms with E-state index in [4.69, 9.17) is 13.7 Å². The Hall–Kier alpha value is -3.49. The van der Waals surface area contributed by atoms with Gasteiger partial charge < -0.3 is 18.8 Å². The summed E-state index contributed by atoms with van der Waals surface area (Å²) in [6.07, 6.45) is 2.44. The van der Waals surface area contributed by atoms with Crippen LogP contribution in [0.4, 0.5) is 0 Å². The number of nitrogens with zero attached hydrogens (tertiary/aromatic N) is 4. The molecule has 2 fully saturated rings. The zero-order valence-corrected chi connectivity index (χ0v) is 18.8. The highest BCUT2D eigenvalue weighted by atomic mass is 16.5. The van der Waals surface area contributed by atoms with E-state index < -0.39 is 5.41 Å². The van der Waals surface area contributed by atoms with Crippen molar-refractivity contribution in [3.63, 3.8) is 0 Å². The molecule has 8 heteroatoms. The van der Waals surface area contributed by atoms with Crippen LogP contribution in [-0.2, 0) is 16.6 Å². The number of hydrogen-bond acceptors (Lipinski definition) is 8. The lowest BCUT2D eigenvalue weighted by Gasteiger charge is -2.25. The van der Waals surface area contributed by atoms with Crippen molar-refractivity contribution in [2.75, 3.05) is 32.8 Å². The van der Waals surface area contributed by atoms with Gasteiger partial charge in [0, 0.05) is 31.6 Å². The second-order valence-corrected chi connectivity index (χ2v) is 8.94. The van der Waals surface area contributed by atoms with E-state index in [0.29, 0.717) is 18.2 Å². The minimum Gasteiger partial charge on any atom is -0.508 e. The number of ether oxygens (including phenoxy) is 1. The minimum atomic E-state index is -0.461. The van der Waals surface area contributed by atoms with E-state index >= 15 is 0 Å². The van der Waals surface area contributed by atoms with Gasteiger partial charge in [0.1, 0.15) is 16.9 Å². The summed E-state index contributed by atoms with van der Waals surface area (Å²) in [6, 6.07) is 17.1. The lowest BCUT2D eigenvalue weighted by molar-refractivity contribution is 0.0377. The van der Waals surface area contributed by atoms with E-state index in [2.05, 4.69) is 32.4 Å². The number of hydrogen-bond donors (Lipinski definition) is 1. The third kappa shape index (κ3) is 3.89. The normalized spacial score (nSPS) is 17.6. The van der Waals surface area contributed by atoms with E-state index in [1.165, 1.54) is 0 Å². The molecule has 0 unspecified atom stereocenters. The quantitative estimate of drug-likeness (QED) is 0.443. The molecule has 2 aliphatic rings. The lowest BCUT2D eigenvalue weighted by atomic mass is 9.92. The second-order valence-electron chi connectivity index (χ2n) is 8.94. The molecule has 0 atom stereocenters. The molecule has 1 N–H and O–H groups in total. The molecule has 4 aromatic rings. The summed E-state index contributed by atoms with van der Waals surface area (Å²) in [7, 11) is 0. The molecule has 3 heterocycles. The molecule has 0 radical (unpaired) electrons. The predicted molar refractivity (Wildman–Crippen MR) is 124 cm³/mol. The van der Waals surface area contributed by atoms with Crippen molar-refractivity contribution in [2.24, 2.45) is 0 Å². The Morgan fingerprint density at radius 3 is 2.41 bits per heavy atom. The first-order valence-electron chi connectivity index (χ1n) is 11.7. The van der Waals surface area contributed by atoms with Crippen LogP contribution in [0.5, 0.6) is 5.75 Å². The monoisotopic (exact) mass is 458 g/mol. The number of aromatic hydroxyl groups is 1. The minimum absolute atomic E-state index is 0.211. The van der Waals surface area contributed by atoms with Gasteiger partial charge in [0.25, 0.3) is 0 Å². The smallest absolute Gasteiger partial charge is 0.230 e. The fourth-order valence-electron chi connectivity index (χ4n) is 4.60. The maximum atomic E-state index is 9.73. The number of phenolic OH excluding ortho intramolecular Hbond substituents is 1. The average molecular weight is 459 g/mol. The third-order valence-corrected chi connectivity index (χ3v) is 6.70. The molecule has 0 bridgehead atoms. The zero-order chi connectivity index (χ0) is 23.0. The van der Waals surface area contributed by atoms with E-state index in [1.54, 1.807) is 12.1 Å². The number of phenols is 1. The summed E-state index contributed by atoms with van der Waals surface area (Å²) in [6.45, 7) is 4.29. The highest BCUT2D eigenvalue weighted by Gasteiger charge is 2.56. The molecule has 6 rings (SSSR count). The molecule has 34 heavy (non-hydrogen) atoms. The molecule has 174 valence electrons. The van der Waals surface area contributed by atoms with E-state index in [1.807, 2.05) is 30.3 Å². The maximum Gasteiger partial charge on any atom is 0.230 e. The van der Waals surface area contributed by atoms with Gasteiger partial charge >= 0.3 is 0 Å². The van der Waals surface area contributed by atoms with Crippen molar-refractivity contribution in [1.82, 2.24) is 20.3 Å². The Morgan fingerprint density at radius 1 is 0.912 bits per heavy atom. The van der Waals surface area contributed by atoms with Crippen LogP contribution in [-0.4, -0.2) is 58.2 Å². The molecule has 1 saturated carbocycles. The molecular weight excluding hydrogens is 432 g/mol. The Morgan fingerprint density at radius 2 is 1.68 bits per heavy atom. The number of aromatic nitrogens is 3. The first-order valence-corrected chi connectivity index (χ1v) is 11.7. The summed E-state index contributed by atoms with van der Waals surface area (Å²) in [5, 5.41) is 23.0. The van der Waals surface area contributed by atoms with Crippen molar-refractivity contribution in [2.45, 2.75) is 24.7 Å². The first kappa shape index (κ1) is 21.1. The summed E-state index contributed by atoms with van der Waals surface area (Å²) in [5.74, 6) is 2.20. The van der Waals surface area contributed by atoms with Crippen LogP contribution >= 0.6 is 0 Å². The van der Waals surface area contributed by atoms with Gasteiger partial charge in [-0.15, -0.1) is 10.2 Å². The highest BCUT2D eigenvalue weighted by Crippen LogP contribution is 2.56. The van der Waals surface area contributed by atoms with Gasteiger partial charge in [-0.1, -0.05) is 35.5 Å². The van der Waals surface area contributed by atoms with E-state index in [-0.39, 0.29) is 5.75 Å². The van der Waals surface area contributed by atoms with Crippen molar-refractivity contribution in [3.8, 4) is 28.1 Å². The van der Waals surface area contributed by atoms with Gasteiger partial charge in [0.2, 0.25) is 11.8 Å².